The third kappa shape index (κ3) is 8.06. The van der Waals surface area contributed by atoms with Crippen molar-refractivity contribution in [1.82, 2.24) is 24.4 Å². The molecule has 0 spiro atoms. The van der Waals surface area contributed by atoms with Crippen molar-refractivity contribution in [2.45, 2.75) is 44.6 Å². The van der Waals surface area contributed by atoms with E-state index >= 15 is 0 Å². The third-order valence-corrected chi connectivity index (χ3v) is 7.75. The van der Waals surface area contributed by atoms with E-state index in [1.807, 2.05) is 0 Å². The van der Waals surface area contributed by atoms with Gasteiger partial charge in [-0.25, -0.2) is 0 Å². The molecule has 0 radical (unpaired) electrons. The first-order valence-electron chi connectivity index (χ1n) is 15.4. The van der Waals surface area contributed by atoms with Gasteiger partial charge in [0.05, 0.1) is 11.3 Å². The lowest BCUT2D eigenvalue weighted by molar-refractivity contribution is -0.515. The average molecular weight is 704 g/mol. The zero-order valence-corrected chi connectivity index (χ0v) is 26.5. The quantitative estimate of drug-likeness (QED) is 0.123. The molecule has 1 fully saturated rings. The zero-order chi connectivity index (χ0) is 36.0. The molecule has 2 aromatic carbocycles. The molecule has 6 aromatic rings. The molecule has 9 nitrogen and oxygen atoms in total. The van der Waals surface area contributed by atoms with Crippen LogP contribution in [-0.2, 0) is 6.54 Å². The van der Waals surface area contributed by atoms with Crippen LogP contribution in [0.5, 0.6) is 11.5 Å². The van der Waals surface area contributed by atoms with Crippen molar-refractivity contribution in [3.05, 3.63) is 96.8 Å². The highest BCUT2D eigenvalue weighted by Gasteiger charge is 2.32. The van der Waals surface area contributed by atoms with Gasteiger partial charge in [-0.3, -0.25) is 4.40 Å². The van der Waals surface area contributed by atoms with E-state index in [2.05, 4.69) is 48.5 Å². The average Bonchev–Trinajstić information content (AvgIpc) is 3.72. The van der Waals surface area contributed by atoms with Gasteiger partial charge >= 0.3 is 18.5 Å². The van der Waals surface area contributed by atoms with E-state index in [0.717, 1.165) is 12.8 Å². The van der Waals surface area contributed by atoms with Gasteiger partial charge in [-0.05, 0) is 84.8 Å². The predicted molar refractivity (Wildman–Crippen MR) is 170 cm³/mol. The number of fused-ring (bicyclic) bond motifs is 2. The number of alkyl halides is 6. The van der Waals surface area contributed by atoms with E-state index in [0.29, 0.717) is 39.4 Å². The molecule has 0 amide bonds. The molecule has 51 heavy (non-hydrogen) atoms. The van der Waals surface area contributed by atoms with Crippen LogP contribution in [0, 0.1) is 29.6 Å². The van der Waals surface area contributed by atoms with Crippen LogP contribution in [-0.4, -0.2) is 47.8 Å². The molecular formula is C36H25F6N6O3+. The molecule has 4 aromatic heterocycles. The Labute approximate surface area is 285 Å². The van der Waals surface area contributed by atoms with Crippen LogP contribution in [0.3, 0.4) is 0 Å². The maximum Gasteiger partial charge on any atom is 0.573 e. The Morgan fingerprint density at radius 3 is 1.98 bits per heavy atom. The van der Waals surface area contributed by atoms with Crippen LogP contribution >= 0.6 is 0 Å². The second-order valence-electron chi connectivity index (χ2n) is 12.0. The van der Waals surface area contributed by atoms with E-state index in [4.69, 9.17) is 0 Å². The third-order valence-electron chi connectivity index (χ3n) is 7.75. The molecule has 0 saturated heterocycles. The zero-order valence-electron chi connectivity index (χ0n) is 26.5. The first kappa shape index (κ1) is 33.4. The van der Waals surface area contributed by atoms with Gasteiger partial charge in [0.15, 0.2) is 11.2 Å². The number of halogens is 6. The number of aromatic nitrogens is 6. The largest absolute Gasteiger partial charge is 0.573 e. The summed E-state index contributed by atoms with van der Waals surface area (Å²) in [6.07, 6.45) is -4.14. The highest BCUT2D eigenvalue weighted by Crippen LogP contribution is 2.29. The lowest BCUT2D eigenvalue weighted by Gasteiger charge is -2.12. The van der Waals surface area contributed by atoms with E-state index < -0.39 is 18.3 Å². The summed E-state index contributed by atoms with van der Waals surface area (Å²) in [5.74, 6) is 12.3. The lowest BCUT2D eigenvalue weighted by atomic mass is 10.1. The van der Waals surface area contributed by atoms with Crippen LogP contribution in [0.1, 0.15) is 31.4 Å². The molecule has 1 aliphatic rings. The molecule has 7 rings (SSSR count). The number of ether oxygens (including phenoxy) is 2. The molecule has 0 aliphatic heterocycles. The van der Waals surface area contributed by atoms with Gasteiger partial charge in [-0.2, -0.15) is 4.40 Å². The highest BCUT2D eigenvalue weighted by molar-refractivity contribution is 5.66. The van der Waals surface area contributed by atoms with E-state index in [1.165, 1.54) is 55.5 Å². The maximum absolute atomic E-state index is 12.6. The van der Waals surface area contributed by atoms with Gasteiger partial charge in [0.2, 0.25) is 5.82 Å². The van der Waals surface area contributed by atoms with E-state index in [-0.39, 0.29) is 29.8 Å². The Kier molecular flexibility index (Phi) is 8.31. The summed E-state index contributed by atoms with van der Waals surface area (Å²) in [5.41, 5.74) is 2.03. The Bertz CT molecular complexity index is 2370. The van der Waals surface area contributed by atoms with Crippen LogP contribution in [0.15, 0.2) is 85.2 Å². The topological polar surface area (TPSA) is 90.8 Å². The van der Waals surface area contributed by atoms with Gasteiger partial charge in [0, 0.05) is 29.7 Å². The Hall–Kier alpha value is -6.06. The monoisotopic (exact) mass is 703 g/mol. The lowest BCUT2D eigenvalue weighted by Crippen LogP contribution is -2.30. The number of benzene rings is 2. The highest BCUT2D eigenvalue weighted by atomic mass is 19.4. The summed E-state index contributed by atoms with van der Waals surface area (Å²) in [4.78, 5) is 0. The minimum absolute atomic E-state index is 0.0637. The van der Waals surface area contributed by atoms with Crippen molar-refractivity contribution in [2.75, 3.05) is 0 Å². The van der Waals surface area contributed by atoms with Crippen LogP contribution in [0.2, 0.25) is 0 Å². The number of rotatable bonds is 6. The molecule has 1 unspecified atom stereocenters. The summed E-state index contributed by atoms with van der Waals surface area (Å²) in [6.45, 7) is 1.46. The second-order valence-corrected chi connectivity index (χ2v) is 12.0. The van der Waals surface area contributed by atoms with Crippen LogP contribution < -0.4 is 13.9 Å². The molecule has 15 heteroatoms. The van der Waals surface area contributed by atoms with Gasteiger partial charge in [-0.15, -0.1) is 41.2 Å². The van der Waals surface area contributed by atoms with Crippen molar-refractivity contribution >= 4 is 11.3 Å². The minimum Gasteiger partial charge on any atom is -0.406 e. The fourth-order valence-corrected chi connectivity index (χ4v) is 5.22. The van der Waals surface area contributed by atoms with Gasteiger partial charge in [-0.1, -0.05) is 36.1 Å². The Morgan fingerprint density at radius 2 is 1.37 bits per heavy atom. The number of pyridine rings is 2. The summed E-state index contributed by atoms with van der Waals surface area (Å²) in [5, 5.41) is 24.3. The van der Waals surface area contributed by atoms with Crippen molar-refractivity contribution in [3.8, 4) is 57.4 Å². The molecule has 1 N–H and O–H groups in total. The predicted octanol–water partition coefficient (Wildman–Crippen LogP) is 6.36. The number of aliphatic hydroxyl groups is 1. The summed E-state index contributed by atoms with van der Waals surface area (Å²) in [6, 6.07) is 17.9. The summed E-state index contributed by atoms with van der Waals surface area (Å²) in [7, 11) is 0. The first-order valence-corrected chi connectivity index (χ1v) is 15.4. The summed E-state index contributed by atoms with van der Waals surface area (Å²) < 4.78 is 88.4. The second kappa shape index (κ2) is 12.7. The van der Waals surface area contributed by atoms with Crippen molar-refractivity contribution in [1.29, 1.82) is 0 Å². The molecular weight excluding hydrogens is 678 g/mol. The smallest absolute Gasteiger partial charge is 0.406 e. The van der Waals surface area contributed by atoms with Crippen molar-refractivity contribution < 1.29 is 45.3 Å². The minimum atomic E-state index is -4.80. The molecule has 1 atom stereocenters. The van der Waals surface area contributed by atoms with E-state index in [9.17, 15) is 31.4 Å². The van der Waals surface area contributed by atoms with Gasteiger partial charge < -0.3 is 14.6 Å². The fourth-order valence-electron chi connectivity index (χ4n) is 5.22. The molecule has 0 bridgehead atoms. The van der Waals surface area contributed by atoms with E-state index in [1.54, 1.807) is 50.1 Å². The normalized spacial score (nSPS) is 14.4. The molecule has 1 saturated carbocycles. The summed E-state index contributed by atoms with van der Waals surface area (Å²) >= 11 is 0. The number of nitrogens with zero attached hydrogens (tertiary/aromatic N) is 6. The Balaban J connectivity index is 1.15. The molecule has 4 heterocycles. The number of hydrogen-bond acceptors (Lipinski definition) is 6. The van der Waals surface area contributed by atoms with Crippen molar-refractivity contribution in [3.63, 3.8) is 0 Å². The van der Waals surface area contributed by atoms with Crippen LogP contribution in [0.4, 0.5) is 26.3 Å². The SMILES string of the molecule is CC(O)(C#Cc1nnc2ccc(-c3ccc(OC(F)(F)F)cc3)cn12)Cn1nc(C#CC2CC2)[n+]2cc(-c3ccc(OC(F)(F)F)cc3)ccc12. The molecule has 258 valence electrons. The molecule has 1 aliphatic carbocycles. The van der Waals surface area contributed by atoms with Crippen LogP contribution in [0.25, 0.3) is 33.5 Å². The fraction of sp³-hybridized carbons (Fsp3) is 0.222. The van der Waals surface area contributed by atoms with Gasteiger partial charge in [0.25, 0.3) is 5.65 Å². The number of hydrogen-bond donors (Lipinski definition) is 1. The standard InChI is InChI=1S/C36H25F6N6O3/c1-34(49,19-18-31-44-43-30-16-9-26(20-46(30)31)24-5-11-28(12-6-24)50-35(37,38)39)22-48-33-17-10-27(21-47(33)32(45-48)15-4-23-2-3-23)25-7-13-29(14-8-25)51-36(40,41)42/h5-14,16-17,20-21,23,49H,2-3,22H2,1H3/q+1. The Morgan fingerprint density at radius 1 is 0.784 bits per heavy atom. The van der Waals surface area contributed by atoms with Gasteiger partial charge in [0.1, 0.15) is 18.0 Å². The maximum atomic E-state index is 12.6. The first-order chi connectivity index (χ1) is 24.2. The van der Waals surface area contributed by atoms with Crippen molar-refractivity contribution in [2.24, 2.45) is 5.92 Å².